The summed E-state index contributed by atoms with van der Waals surface area (Å²) in [6, 6.07) is -0.386. The number of rotatable bonds is 2. The normalized spacial score (nSPS) is 26.4. The summed E-state index contributed by atoms with van der Waals surface area (Å²) >= 11 is 0. The van der Waals surface area contributed by atoms with E-state index in [-0.39, 0.29) is 17.9 Å². The van der Waals surface area contributed by atoms with Gasteiger partial charge in [0.1, 0.15) is 0 Å². The second-order valence-electron chi connectivity index (χ2n) is 3.08. The Kier molecular flexibility index (Phi) is 2.37. The highest BCUT2D eigenvalue weighted by molar-refractivity contribution is 5.93. The topological polar surface area (TPSA) is 116 Å². The third-order valence-electron chi connectivity index (χ3n) is 2.00. The molecule has 76 valence electrons. The summed E-state index contributed by atoms with van der Waals surface area (Å²) in [7, 11) is 0. The molecule has 1 aliphatic heterocycles. The highest BCUT2D eigenvalue weighted by Gasteiger charge is 2.28. The summed E-state index contributed by atoms with van der Waals surface area (Å²) in [5.41, 5.74) is 0. The smallest absolute Gasteiger partial charge is 0.269 e. The Balaban J connectivity index is 1.90. The number of carbonyl (C=O) groups excluding carboxylic acids is 1. The zero-order valence-corrected chi connectivity index (χ0v) is 7.27. The molecule has 1 fully saturated rings. The molecule has 0 aliphatic carbocycles. The number of carbonyl (C=O) groups is 1. The number of hydrogen-bond donors (Lipinski definition) is 4. The van der Waals surface area contributed by atoms with Crippen molar-refractivity contribution < 1.29 is 9.90 Å². The molecule has 2 atom stereocenters. The molecule has 1 aromatic heterocycles. The van der Waals surface area contributed by atoms with E-state index in [1.165, 1.54) is 0 Å². The number of aromatic amines is 1. The van der Waals surface area contributed by atoms with E-state index in [9.17, 15) is 9.90 Å². The van der Waals surface area contributed by atoms with Crippen molar-refractivity contribution in [2.45, 2.75) is 18.6 Å². The first-order valence-electron chi connectivity index (χ1n) is 4.21. The zero-order chi connectivity index (χ0) is 9.97. The fourth-order valence-electron chi connectivity index (χ4n) is 1.33. The molecule has 2 heterocycles. The molecule has 1 aromatic rings. The Morgan fingerprint density at radius 1 is 1.64 bits per heavy atom. The van der Waals surface area contributed by atoms with E-state index in [0.717, 1.165) is 0 Å². The lowest BCUT2D eigenvalue weighted by Crippen LogP contribution is -2.35. The van der Waals surface area contributed by atoms with Crippen LogP contribution < -0.4 is 10.6 Å². The highest BCUT2D eigenvalue weighted by atomic mass is 16.3. The number of tetrazole rings is 1. The summed E-state index contributed by atoms with van der Waals surface area (Å²) in [6.07, 6.45) is -0.0556. The van der Waals surface area contributed by atoms with Gasteiger partial charge in [0.05, 0.1) is 12.1 Å². The minimum atomic E-state index is -0.462. The second kappa shape index (κ2) is 3.68. The molecule has 1 saturated heterocycles. The summed E-state index contributed by atoms with van der Waals surface area (Å²) in [5.74, 6) is -0.124. The van der Waals surface area contributed by atoms with E-state index in [1.807, 2.05) is 0 Å². The summed E-state index contributed by atoms with van der Waals surface area (Å²) < 4.78 is 0. The van der Waals surface area contributed by atoms with Gasteiger partial charge in [0, 0.05) is 6.54 Å². The Morgan fingerprint density at radius 3 is 3.07 bits per heavy atom. The van der Waals surface area contributed by atoms with Crippen LogP contribution in [0.3, 0.4) is 0 Å². The van der Waals surface area contributed by atoms with Crippen molar-refractivity contribution in [1.82, 2.24) is 25.9 Å². The van der Waals surface area contributed by atoms with Gasteiger partial charge in [0.2, 0.25) is 5.91 Å². The number of aliphatic hydroxyl groups excluding tert-OH is 1. The molecule has 4 N–H and O–H groups in total. The number of aromatic nitrogens is 4. The average molecular weight is 198 g/mol. The van der Waals surface area contributed by atoms with Crippen molar-refractivity contribution in [2.75, 3.05) is 11.9 Å². The van der Waals surface area contributed by atoms with Gasteiger partial charge < -0.3 is 10.4 Å². The maximum Gasteiger partial charge on any atom is 0.269 e. The van der Waals surface area contributed by atoms with Gasteiger partial charge >= 0.3 is 0 Å². The number of nitrogens with zero attached hydrogens (tertiary/aromatic N) is 3. The van der Waals surface area contributed by atoms with E-state index in [1.54, 1.807) is 0 Å². The van der Waals surface area contributed by atoms with E-state index >= 15 is 0 Å². The predicted octanol–water partition coefficient (Wildman–Crippen LogP) is -2.14. The molecule has 0 aromatic carbocycles. The van der Waals surface area contributed by atoms with Gasteiger partial charge in [-0.05, 0) is 11.6 Å². The standard InChI is InChI=1S/C6H10N6O2/c13-3-1-4(7-2-3)5(14)8-6-9-11-12-10-6/h3-4,7,13H,1-2H2,(H2,8,9,10,11,12,14)/t3-,4+/m0/s1. The molecule has 1 amide bonds. The fourth-order valence-corrected chi connectivity index (χ4v) is 1.33. The maximum atomic E-state index is 11.5. The van der Waals surface area contributed by atoms with Crippen LogP contribution in [-0.4, -0.2) is 50.3 Å². The molecular formula is C6H10N6O2. The Bertz CT molecular complexity index is 312. The third kappa shape index (κ3) is 1.86. The maximum absolute atomic E-state index is 11.5. The van der Waals surface area contributed by atoms with Crippen molar-refractivity contribution in [1.29, 1.82) is 0 Å². The minimum Gasteiger partial charge on any atom is -0.392 e. The number of nitrogens with one attached hydrogen (secondary N) is 3. The molecule has 8 nitrogen and oxygen atoms in total. The lowest BCUT2D eigenvalue weighted by Gasteiger charge is -2.07. The van der Waals surface area contributed by atoms with Crippen molar-refractivity contribution in [2.24, 2.45) is 0 Å². The van der Waals surface area contributed by atoms with Crippen LogP contribution in [0, 0.1) is 0 Å². The van der Waals surface area contributed by atoms with Crippen LogP contribution in [-0.2, 0) is 4.79 Å². The van der Waals surface area contributed by atoms with Crippen LogP contribution in [0.25, 0.3) is 0 Å². The lowest BCUT2D eigenvalue weighted by molar-refractivity contribution is -0.118. The van der Waals surface area contributed by atoms with E-state index < -0.39 is 6.10 Å². The predicted molar refractivity (Wildman–Crippen MR) is 45.2 cm³/mol. The summed E-state index contributed by atoms with van der Waals surface area (Å²) in [4.78, 5) is 11.5. The first-order chi connectivity index (χ1) is 6.75. The molecule has 0 radical (unpaired) electrons. The van der Waals surface area contributed by atoms with Gasteiger partial charge in [-0.25, -0.2) is 0 Å². The van der Waals surface area contributed by atoms with Crippen molar-refractivity contribution in [3.8, 4) is 0 Å². The van der Waals surface area contributed by atoms with E-state index in [4.69, 9.17) is 0 Å². The van der Waals surface area contributed by atoms with E-state index in [2.05, 4.69) is 31.3 Å². The summed E-state index contributed by atoms with van der Waals surface area (Å²) in [6.45, 7) is 0.435. The number of H-pyrrole nitrogens is 1. The molecule has 0 unspecified atom stereocenters. The molecule has 0 spiro atoms. The highest BCUT2D eigenvalue weighted by Crippen LogP contribution is 2.07. The third-order valence-corrected chi connectivity index (χ3v) is 2.00. The van der Waals surface area contributed by atoms with Crippen LogP contribution in [0.4, 0.5) is 5.95 Å². The van der Waals surface area contributed by atoms with Gasteiger partial charge in [0.25, 0.3) is 5.95 Å². The quantitative estimate of drug-likeness (QED) is 0.431. The van der Waals surface area contributed by atoms with Gasteiger partial charge in [0.15, 0.2) is 0 Å². The van der Waals surface area contributed by atoms with Gasteiger partial charge in [-0.2, -0.15) is 5.21 Å². The Labute approximate surface area is 79.1 Å². The monoisotopic (exact) mass is 198 g/mol. The molecular weight excluding hydrogens is 188 g/mol. The number of aliphatic hydroxyl groups is 1. The Hall–Kier alpha value is -1.54. The van der Waals surface area contributed by atoms with Crippen molar-refractivity contribution in [3.05, 3.63) is 0 Å². The fraction of sp³-hybridized carbons (Fsp3) is 0.667. The molecule has 0 saturated carbocycles. The SMILES string of the molecule is O=C(Nc1nn[nH]n1)[C@H]1C[C@H](O)CN1. The first kappa shape index (κ1) is 9.03. The largest absolute Gasteiger partial charge is 0.392 e. The lowest BCUT2D eigenvalue weighted by atomic mass is 10.2. The van der Waals surface area contributed by atoms with Crippen molar-refractivity contribution in [3.63, 3.8) is 0 Å². The van der Waals surface area contributed by atoms with Gasteiger partial charge in [-0.1, -0.05) is 5.10 Å². The van der Waals surface area contributed by atoms with Crippen LogP contribution in [0.1, 0.15) is 6.42 Å². The summed E-state index contributed by atoms with van der Waals surface area (Å²) in [5, 5.41) is 27.2. The van der Waals surface area contributed by atoms with Crippen LogP contribution in [0.15, 0.2) is 0 Å². The second-order valence-corrected chi connectivity index (χ2v) is 3.08. The number of hydrogen-bond acceptors (Lipinski definition) is 6. The van der Waals surface area contributed by atoms with Crippen molar-refractivity contribution >= 4 is 11.9 Å². The molecule has 14 heavy (non-hydrogen) atoms. The molecule has 8 heteroatoms. The van der Waals surface area contributed by atoms with Gasteiger partial charge in [-0.15, -0.1) is 5.10 Å². The molecule has 2 rings (SSSR count). The number of β-amino-alcohol motifs (C(OH)–C–C–N with tert-alkyl or cyclic N) is 1. The number of anilines is 1. The van der Waals surface area contributed by atoms with Crippen LogP contribution in [0.2, 0.25) is 0 Å². The van der Waals surface area contributed by atoms with Crippen LogP contribution in [0.5, 0.6) is 0 Å². The van der Waals surface area contributed by atoms with Crippen LogP contribution >= 0.6 is 0 Å². The van der Waals surface area contributed by atoms with E-state index in [0.29, 0.717) is 13.0 Å². The molecule has 0 bridgehead atoms. The minimum absolute atomic E-state index is 0.137. The Morgan fingerprint density at radius 2 is 2.50 bits per heavy atom. The molecule has 1 aliphatic rings. The van der Waals surface area contributed by atoms with Gasteiger partial charge in [-0.3, -0.25) is 10.1 Å². The number of amides is 1. The zero-order valence-electron chi connectivity index (χ0n) is 7.27. The first-order valence-corrected chi connectivity index (χ1v) is 4.21. The average Bonchev–Trinajstić information content (AvgIpc) is 2.75.